The average Bonchev–Trinajstić information content (AvgIpc) is 2.46. The van der Waals surface area contributed by atoms with Crippen LogP contribution in [0.3, 0.4) is 0 Å². The first-order chi connectivity index (χ1) is 9.56. The first kappa shape index (κ1) is 15.7. The van der Waals surface area contributed by atoms with Crippen LogP contribution < -0.4 is 26.2 Å². The smallest absolute Gasteiger partial charge is 0.328 e. The Bertz CT molecular complexity index is 490. The fourth-order valence-corrected chi connectivity index (χ4v) is 1.27. The summed E-state index contributed by atoms with van der Waals surface area (Å²) in [6.45, 7) is 2.44. The highest BCUT2D eigenvalue weighted by Crippen LogP contribution is 2.15. The molecule has 20 heavy (non-hydrogen) atoms. The number of carbonyl (C=O) groups is 2. The summed E-state index contributed by atoms with van der Waals surface area (Å²) in [7, 11) is 1.58. The predicted octanol–water partition coefficient (Wildman–Crippen LogP) is 0.149. The van der Waals surface area contributed by atoms with Gasteiger partial charge in [0.2, 0.25) is 0 Å². The van der Waals surface area contributed by atoms with Crippen molar-refractivity contribution in [1.82, 2.24) is 16.2 Å². The van der Waals surface area contributed by atoms with Crippen LogP contribution in [0.4, 0.5) is 5.69 Å². The van der Waals surface area contributed by atoms with Crippen LogP contribution in [0.2, 0.25) is 0 Å². The number of hydrazine groups is 1. The molecule has 0 atom stereocenters. The molecule has 0 fully saturated rings. The lowest BCUT2D eigenvalue weighted by Gasteiger charge is -2.09. The summed E-state index contributed by atoms with van der Waals surface area (Å²) in [6.07, 6.45) is 0. The molecule has 1 rings (SSSR count). The van der Waals surface area contributed by atoms with E-state index in [1.165, 1.54) is 0 Å². The second-order valence-electron chi connectivity index (χ2n) is 3.57. The van der Waals surface area contributed by atoms with Gasteiger partial charge in [-0.1, -0.05) is 0 Å². The first-order valence-electron chi connectivity index (χ1n) is 5.88. The van der Waals surface area contributed by atoms with Crippen LogP contribution >= 0.6 is 12.2 Å². The number of thiocarbonyl (C=S) groups is 1. The molecule has 0 radical (unpaired) electrons. The second-order valence-corrected chi connectivity index (χ2v) is 3.98. The topological polar surface area (TPSA) is 91.5 Å². The molecule has 1 aromatic rings. The summed E-state index contributed by atoms with van der Waals surface area (Å²) < 4.78 is 5.27. The molecule has 0 aromatic heterocycles. The van der Waals surface area contributed by atoms with Crippen LogP contribution in [0, 0.1) is 0 Å². The molecule has 0 aliphatic rings. The molecule has 4 N–H and O–H groups in total. The van der Waals surface area contributed by atoms with Gasteiger partial charge in [-0.05, 0) is 43.4 Å². The second kappa shape index (κ2) is 7.95. The predicted molar refractivity (Wildman–Crippen MR) is 79.2 cm³/mol. The number of nitrogens with one attached hydrogen (secondary N) is 4. The summed E-state index contributed by atoms with van der Waals surface area (Å²) in [5, 5.41) is 5.23. The summed E-state index contributed by atoms with van der Waals surface area (Å²) in [5.74, 6) is -0.965. The Balaban J connectivity index is 2.48. The number of ether oxygens (including phenoxy) is 1. The number of amides is 2. The van der Waals surface area contributed by atoms with Crippen molar-refractivity contribution < 1.29 is 14.3 Å². The number of benzene rings is 1. The number of anilines is 1. The Morgan fingerprint density at radius 1 is 1.15 bits per heavy atom. The minimum absolute atomic E-state index is 0.201. The van der Waals surface area contributed by atoms with E-state index in [-0.39, 0.29) is 5.11 Å². The molecular weight excluding hydrogens is 280 g/mol. The number of hydrogen-bond acceptors (Lipinski definition) is 4. The third-order valence-corrected chi connectivity index (χ3v) is 2.45. The maximum atomic E-state index is 11.6. The average molecular weight is 296 g/mol. The van der Waals surface area contributed by atoms with Crippen molar-refractivity contribution in [3.8, 4) is 5.75 Å². The van der Waals surface area contributed by atoms with E-state index >= 15 is 0 Å². The van der Waals surface area contributed by atoms with Crippen LogP contribution in [0.5, 0.6) is 5.75 Å². The Morgan fingerprint density at radius 3 is 2.35 bits per heavy atom. The SMILES string of the molecule is CCOc1ccc(NC(=O)C(=O)NNC(=S)NC)cc1. The zero-order chi connectivity index (χ0) is 15.0. The zero-order valence-corrected chi connectivity index (χ0v) is 12.0. The van der Waals surface area contributed by atoms with Crippen molar-refractivity contribution in [3.05, 3.63) is 24.3 Å². The summed E-state index contributed by atoms with van der Waals surface area (Å²) >= 11 is 4.75. The van der Waals surface area contributed by atoms with Gasteiger partial charge >= 0.3 is 11.8 Å². The molecule has 0 heterocycles. The van der Waals surface area contributed by atoms with Crippen molar-refractivity contribution in [2.24, 2.45) is 0 Å². The largest absolute Gasteiger partial charge is 0.494 e. The van der Waals surface area contributed by atoms with Gasteiger partial charge in [0.15, 0.2) is 5.11 Å². The minimum atomic E-state index is -0.850. The van der Waals surface area contributed by atoms with Gasteiger partial charge in [-0.3, -0.25) is 20.4 Å². The Labute approximate surface area is 122 Å². The van der Waals surface area contributed by atoms with Crippen LogP contribution in [-0.2, 0) is 9.59 Å². The van der Waals surface area contributed by atoms with Gasteiger partial charge in [0, 0.05) is 12.7 Å². The lowest BCUT2D eigenvalue weighted by Crippen LogP contribution is -2.49. The van der Waals surface area contributed by atoms with E-state index in [1.54, 1.807) is 31.3 Å². The molecule has 0 aliphatic heterocycles. The van der Waals surface area contributed by atoms with E-state index in [0.717, 1.165) is 0 Å². The number of carbonyl (C=O) groups excluding carboxylic acids is 2. The number of rotatable bonds is 3. The van der Waals surface area contributed by atoms with Gasteiger partial charge in [-0.2, -0.15) is 0 Å². The van der Waals surface area contributed by atoms with Crippen molar-refractivity contribution in [2.45, 2.75) is 6.92 Å². The lowest BCUT2D eigenvalue weighted by molar-refractivity contribution is -0.136. The first-order valence-corrected chi connectivity index (χ1v) is 6.29. The molecule has 7 nitrogen and oxygen atoms in total. The van der Waals surface area contributed by atoms with Gasteiger partial charge in [-0.25, -0.2) is 0 Å². The van der Waals surface area contributed by atoms with Crippen LogP contribution in [0.1, 0.15) is 6.92 Å². The fraction of sp³-hybridized carbons (Fsp3) is 0.250. The van der Waals surface area contributed by atoms with Crippen molar-refractivity contribution in [1.29, 1.82) is 0 Å². The minimum Gasteiger partial charge on any atom is -0.494 e. The fourth-order valence-electron chi connectivity index (χ4n) is 1.22. The van der Waals surface area contributed by atoms with E-state index in [0.29, 0.717) is 18.0 Å². The summed E-state index contributed by atoms with van der Waals surface area (Å²) in [4.78, 5) is 23.0. The van der Waals surface area contributed by atoms with Gasteiger partial charge in [-0.15, -0.1) is 0 Å². The van der Waals surface area contributed by atoms with Crippen molar-refractivity contribution in [3.63, 3.8) is 0 Å². The van der Waals surface area contributed by atoms with Crippen LogP contribution in [-0.4, -0.2) is 30.6 Å². The standard InChI is InChI=1S/C12H16N4O3S/c1-3-19-9-6-4-8(5-7-9)14-10(17)11(18)15-16-12(20)13-2/h4-7H,3H2,1-2H3,(H,14,17)(H,15,18)(H2,13,16,20). The van der Waals surface area contributed by atoms with E-state index in [1.807, 2.05) is 6.92 Å². The molecule has 0 bridgehead atoms. The third-order valence-electron chi connectivity index (χ3n) is 2.15. The lowest BCUT2D eigenvalue weighted by atomic mass is 10.3. The van der Waals surface area contributed by atoms with Crippen molar-refractivity contribution in [2.75, 3.05) is 19.0 Å². The van der Waals surface area contributed by atoms with E-state index in [4.69, 9.17) is 17.0 Å². The van der Waals surface area contributed by atoms with Gasteiger partial charge in [0.05, 0.1) is 6.61 Å². The molecule has 0 aliphatic carbocycles. The van der Waals surface area contributed by atoms with E-state index in [9.17, 15) is 9.59 Å². The normalized spacial score (nSPS) is 9.30. The molecule has 2 amide bonds. The Kier molecular flexibility index (Phi) is 6.24. The molecular formula is C12H16N4O3S. The van der Waals surface area contributed by atoms with Gasteiger partial charge in [0.1, 0.15) is 5.75 Å². The summed E-state index contributed by atoms with van der Waals surface area (Å²) in [5.41, 5.74) is 5.01. The zero-order valence-electron chi connectivity index (χ0n) is 11.1. The van der Waals surface area contributed by atoms with Gasteiger partial charge in [0.25, 0.3) is 0 Å². The Morgan fingerprint density at radius 2 is 1.80 bits per heavy atom. The van der Waals surface area contributed by atoms with Gasteiger partial charge < -0.3 is 15.4 Å². The molecule has 108 valence electrons. The Hall–Kier alpha value is -2.35. The molecule has 1 aromatic carbocycles. The quantitative estimate of drug-likeness (QED) is 0.360. The monoisotopic (exact) mass is 296 g/mol. The van der Waals surface area contributed by atoms with Crippen LogP contribution in [0.25, 0.3) is 0 Å². The molecule has 8 heteroatoms. The molecule has 0 saturated heterocycles. The molecule has 0 spiro atoms. The third kappa shape index (κ3) is 5.11. The molecule has 0 unspecified atom stereocenters. The van der Waals surface area contributed by atoms with E-state index in [2.05, 4.69) is 21.5 Å². The van der Waals surface area contributed by atoms with Crippen molar-refractivity contribution >= 4 is 34.8 Å². The maximum absolute atomic E-state index is 11.6. The highest BCUT2D eigenvalue weighted by Gasteiger charge is 2.13. The number of hydrogen-bond donors (Lipinski definition) is 4. The highest BCUT2D eigenvalue weighted by molar-refractivity contribution is 7.80. The summed E-state index contributed by atoms with van der Waals surface area (Å²) in [6, 6.07) is 6.68. The maximum Gasteiger partial charge on any atom is 0.328 e. The highest BCUT2D eigenvalue weighted by atomic mass is 32.1. The molecule has 0 saturated carbocycles. The van der Waals surface area contributed by atoms with E-state index < -0.39 is 11.8 Å². The van der Waals surface area contributed by atoms with Crippen LogP contribution in [0.15, 0.2) is 24.3 Å².